The SMILES string of the molecule is C=C=C(C(=O)OCC)c1cccc2ccccc12. The summed E-state index contributed by atoms with van der Waals surface area (Å²) in [4.78, 5) is 11.9. The van der Waals surface area contributed by atoms with Gasteiger partial charge in [-0.1, -0.05) is 49.0 Å². The van der Waals surface area contributed by atoms with Crippen molar-refractivity contribution in [3.05, 3.63) is 60.3 Å². The maximum Gasteiger partial charge on any atom is 0.346 e. The van der Waals surface area contributed by atoms with Crippen LogP contribution in [-0.4, -0.2) is 12.6 Å². The van der Waals surface area contributed by atoms with Crippen LogP contribution in [0.1, 0.15) is 12.5 Å². The molecule has 2 heteroatoms. The number of carbonyl (C=O) groups excluding carboxylic acids is 1. The van der Waals surface area contributed by atoms with E-state index in [1.54, 1.807) is 6.92 Å². The molecule has 18 heavy (non-hydrogen) atoms. The predicted molar refractivity (Wildman–Crippen MR) is 73.1 cm³/mol. The molecule has 0 fully saturated rings. The van der Waals surface area contributed by atoms with Gasteiger partial charge in [-0.3, -0.25) is 0 Å². The molecule has 0 radical (unpaired) electrons. The lowest BCUT2D eigenvalue weighted by Crippen LogP contribution is -2.06. The average Bonchev–Trinajstić information content (AvgIpc) is 2.40. The zero-order valence-electron chi connectivity index (χ0n) is 10.3. The molecule has 0 amide bonds. The zero-order chi connectivity index (χ0) is 13.0. The van der Waals surface area contributed by atoms with Gasteiger partial charge < -0.3 is 4.74 Å². The molecule has 0 saturated heterocycles. The molecule has 0 atom stereocenters. The van der Waals surface area contributed by atoms with E-state index in [1.165, 1.54) is 0 Å². The quantitative estimate of drug-likeness (QED) is 0.464. The second-order valence-corrected chi connectivity index (χ2v) is 3.80. The number of carbonyl (C=O) groups is 1. The van der Waals surface area contributed by atoms with Gasteiger partial charge in [0.2, 0.25) is 0 Å². The van der Waals surface area contributed by atoms with Gasteiger partial charge in [0.1, 0.15) is 5.57 Å². The van der Waals surface area contributed by atoms with Crippen LogP contribution < -0.4 is 0 Å². The third-order valence-corrected chi connectivity index (χ3v) is 2.72. The maximum absolute atomic E-state index is 11.9. The Bertz CT molecular complexity index is 629. The maximum atomic E-state index is 11.9. The fourth-order valence-electron chi connectivity index (χ4n) is 1.92. The summed E-state index contributed by atoms with van der Waals surface area (Å²) in [6, 6.07) is 13.7. The summed E-state index contributed by atoms with van der Waals surface area (Å²) in [5, 5.41) is 2.08. The van der Waals surface area contributed by atoms with Crippen molar-refractivity contribution < 1.29 is 9.53 Å². The summed E-state index contributed by atoms with van der Waals surface area (Å²) in [6.07, 6.45) is 0. The molecule has 0 N–H and O–H groups in total. The molecule has 0 aliphatic rings. The first-order valence-electron chi connectivity index (χ1n) is 5.83. The minimum Gasteiger partial charge on any atom is -0.462 e. The van der Waals surface area contributed by atoms with Crippen molar-refractivity contribution in [1.29, 1.82) is 0 Å². The molecule has 2 nitrogen and oxygen atoms in total. The molecule has 2 rings (SSSR count). The zero-order valence-corrected chi connectivity index (χ0v) is 10.3. The van der Waals surface area contributed by atoms with Gasteiger partial charge in [0, 0.05) is 5.56 Å². The fourth-order valence-corrected chi connectivity index (χ4v) is 1.92. The summed E-state index contributed by atoms with van der Waals surface area (Å²) in [5.41, 5.74) is 3.88. The van der Waals surface area contributed by atoms with E-state index in [2.05, 4.69) is 12.3 Å². The second-order valence-electron chi connectivity index (χ2n) is 3.80. The van der Waals surface area contributed by atoms with E-state index < -0.39 is 0 Å². The van der Waals surface area contributed by atoms with E-state index in [1.807, 2.05) is 42.5 Å². The standard InChI is InChI=1S/C16H14O2/c1-3-13(16(17)18-4-2)15-11-7-9-12-8-5-6-10-14(12)15/h5-11H,1,4H2,2H3. The monoisotopic (exact) mass is 238 g/mol. The lowest BCUT2D eigenvalue weighted by Gasteiger charge is -2.08. The first-order valence-corrected chi connectivity index (χ1v) is 5.83. The normalized spacial score (nSPS) is 9.83. The molecular formula is C16H14O2. The number of esters is 1. The minimum atomic E-state index is -0.385. The van der Waals surface area contributed by atoms with Crippen molar-refractivity contribution in [1.82, 2.24) is 0 Å². The van der Waals surface area contributed by atoms with E-state index in [-0.39, 0.29) is 5.97 Å². The molecule has 0 aliphatic heterocycles. The van der Waals surface area contributed by atoms with E-state index in [4.69, 9.17) is 4.74 Å². The van der Waals surface area contributed by atoms with Crippen LogP contribution >= 0.6 is 0 Å². The molecule has 90 valence electrons. The van der Waals surface area contributed by atoms with Gasteiger partial charge >= 0.3 is 5.97 Å². The molecule has 0 aliphatic carbocycles. The number of ether oxygens (including phenoxy) is 1. The van der Waals surface area contributed by atoms with E-state index in [9.17, 15) is 4.79 Å². The second kappa shape index (κ2) is 5.35. The Morgan fingerprint density at radius 2 is 1.94 bits per heavy atom. The van der Waals surface area contributed by atoms with Crippen molar-refractivity contribution in [3.8, 4) is 0 Å². The van der Waals surface area contributed by atoms with Crippen molar-refractivity contribution in [2.24, 2.45) is 0 Å². The third-order valence-electron chi connectivity index (χ3n) is 2.72. The highest BCUT2D eigenvalue weighted by Gasteiger charge is 2.14. The number of hydrogen-bond donors (Lipinski definition) is 0. The minimum absolute atomic E-state index is 0.342. The summed E-state index contributed by atoms with van der Waals surface area (Å²) in [5.74, 6) is -0.385. The van der Waals surface area contributed by atoms with Gasteiger partial charge in [-0.15, -0.1) is 5.73 Å². The Kier molecular flexibility index (Phi) is 3.61. The molecule has 0 aromatic heterocycles. The van der Waals surface area contributed by atoms with Gasteiger partial charge in [-0.2, -0.15) is 0 Å². The van der Waals surface area contributed by atoms with Crippen LogP contribution in [0.2, 0.25) is 0 Å². The van der Waals surface area contributed by atoms with Crippen LogP contribution in [0.25, 0.3) is 16.3 Å². The van der Waals surface area contributed by atoms with E-state index in [0.717, 1.165) is 16.3 Å². The molecule has 2 aromatic carbocycles. The predicted octanol–water partition coefficient (Wildman–Crippen LogP) is 3.57. The highest BCUT2D eigenvalue weighted by atomic mass is 16.5. The number of benzene rings is 2. The Labute approximate surface area is 106 Å². The van der Waals surface area contributed by atoms with Gasteiger partial charge in [0.25, 0.3) is 0 Å². The van der Waals surface area contributed by atoms with Gasteiger partial charge in [0.15, 0.2) is 0 Å². The largest absolute Gasteiger partial charge is 0.462 e. The van der Waals surface area contributed by atoms with Crippen LogP contribution in [0.3, 0.4) is 0 Å². The number of hydrogen-bond acceptors (Lipinski definition) is 2. The van der Waals surface area contributed by atoms with Crippen molar-refractivity contribution in [2.45, 2.75) is 6.92 Å². The smallest absolute Gasteiger partial charge is 0.346 e. The topological polar surface area (TPSA) is 26.3 Å². The lowest BCUT2D eigenvalue weighted by molar-refractivity contribution is -0.136. The van der Waals surface area contributed by atoms with Gasteiger partial charge in [0.05, 0.1) is 6.61 Å². The molecule has 0 bridgehead atoms. The van der Waals surface area contributed by atoms with E-state index >= 15 is 0 Å². The first kappa shape index (κ1) is 12.2. The molecule has 0 unspecified atom stereocenters. The summed E-state index contributed by atoms with van der Waals surface area (Å²) in [6.45, 7) is 5.71. The summed E-state index contributed by atoms with van der Waals surface area (Å²) in [7, 11) is 0. The Hall–Kier alpha value is -2.31. The first-order chi connectivity index (χ1) is 8.77. The van der Waals surface area contributed by atoms with Crippen molar-refractivity contribution in [3.63, 3.8) is 0 Å². The van der Waals surface area contributed by atoms with Crippen LogP contribution in [0.15, 0.2) is 54.8 Å². The van der Waals surface area contributed by atoms with Gasteiger partial charge in [-0.25, -0.2) is 4.79 Å². The Balaban J connectivity index is 2.60. The third kappa shape index (κ3) is 2.20. The Morgan fingerprint density at radius 3 is 2.67 bits per heavy atom. The Morgan fingerprint density at radius 1 is 1.22 bits per heavy atom. The summed E-state index contributed by atoms with van der Waals surface area (Å²) >= 11 is 0. The van der Waals surface area contributed by atoms with Crippen molar-refractivity contribution in [2.75, 3.05) is 6.61 Å². The molecule has 0 saturated carbocycles. The molecular weight excluding hydrogens is 224 g/mol. The number of fused-ring (bicyclic) bond motifs is 1. The molecule has 0 spiro atoms. The summed E-state index contributed by atoms with van der Waals surface area (Å²) < 4.78 is 5.02. The average molecular weight is 238 g/mol. The van der Waals surface area contributed by atoms with Crippen LogP contribution in [-0.2, 0) is 9.53 Å². The van der Waals surface area contributed by atoms with E-state index in [0.29, 0.717) is 12.2 Å². The highest BCUT2D eigenvalue weighted by molar-refractivity contribution is 6.19. The molecule has 0 heterocycles. The van der Waals surface area contributed by atoms with Crippen LogP contribution in [0.4, 0.5) is 0 Å². The number of rotatable bonds is 3. The molecule has 2 aromatic rings. The van der Waals surface area contributed by atoms with Crippen molar-refractivity contribution >= 4 is 22.3 Å². The highest BCUT2D eigenvalue weighted by Crippen LogP contribution is 2.25. The van der Waals surface area contributed by atoms with Crippen LogP contribution in [0.5, 0.6) is 0 Å². The lowest BCUT2D eigenvalue weighted by atomic mass is 9.99. The van der Waals surface area contributed by atoms with Crippen LogP contribution in [0, 0.1) is 0 Å². The fraction of sp³-hybridized carbons (Fsp3) is 0.125. The van der Waals surface area contributed by atoms with Gasteiger partial charge in [-0.05, 0) is 17.7 Å².